The molecule has 7 nitrogen and oxygen atoms in total. The Bertz CT molecular complexity index is 3370. The minimum Gasteiger partial charge on any atom is -0.450 e. The summed E-state index contributed by atoms with van der Waals surface area (Å²) in [4.78, 5) is 11.0. The van der Waals surface area contributed by atoms with Gasteiger partial charge in [0, 0.05) is 27.6 Å². The monoisotopic (exact) mass is 747 g/mol. The maximum absolute atomic E-state index is 6.33. The molecule has 4 heterocycles. The molecule has 58 heavy (non-hydrogen) atoms. The average molecular weight is 748 g/mol. The van der Waals surface area contributed by atoms with Gasteiger partial charge in [0.15, 0.2) is 28.5 Å². The van der Waals surface area contributed by atoms with Gasteiger partial charge in [0.25, 0.3) is 0 Å². The van der Waals surface area contributed by atoms with Gasteiger partial charge in [-0.15, -0.1) is 0 Å². The van der Waals surface area contributed by atoms with E-state index >= 15 is 0 Å². The Morgan fingerprint density at radius 3 is 1.90 bits per heavy atom. The van der Waals surface area contributed by atoms with Crippen molar-refractivity contribution in [2.45, 2.75) is 6.29 Å². The van der Waals surface area contributed by atoms with Gasteiger partial charge < -0.3 is 19.4 Å². The summed E-state index contributed by atoms with van der Waals surface area (Å²) < 4.78 is 17.1. The number of nitrogens with zero attached hydrogens (tertiary/aromatic N) is 4. The Morgan fingerprint density at radius 2 is 1.10 bits per heavy atom. The molecule has 1 N–H and O–H groups in total. The predicted molar refractivity (Wildman–Crippen MR) is 230 cm³/mol. The first-order valence-corrected chi connectivity index (χ1v) is 19.4. The fraction of sp³-hybridized carbons (Fsp3) is 0.0196. The van der Waals surface area contributed by atoms with E-state index in [0.29, 0.717) is 23.0 Å². The van der Waals surface area contributed by atoms with Crippen molar-refractivity contribution in [1.29, 1.82) is 0 Å². The van der Waals surface area contributed by atoms with Gasteiger partial charge in [0.2, 0.25) is 6.29 Å². The summed E-state index contributed by atoms with van der Waals surface area (Å²) in [5, 5.41) is 9.38. The number of ether oxygens (including phenoxy) is 2. The van der Waals surface area contributed by atoms with E-state index < -0.39 is 6.29 Å². The van der Waals surface area contributed by atoms with Gasteiger partial charge in [-0.1, -0.05) is 133 Å². The molecule has 0 fully saturated rings. The molecule has 12 rings (SSSR count). The topological polar surface area (TPSA) is 65.6 Å². The molecule has 2 aliphatic rings. The quantitative estimate of drug-likeness (QED) is 0.190. The van der Waals surface area contributed by atoms with Crippen LogP contribution in [-0.4, -0.2) is 14.1 Å². The van der Waals surface area contributed by atoms with Crippen molar-refractivity contribution in [3.63, 3.8) is 0 Å². The van der Waals surface area contributed by atoms with E-state index in [9.17, 15) is 0 Å². The molecule has 1 unspecified atom stereocenters. The molecule has 1 atom stereocenters. The van der Waals surface area contributed by atoms with Gasteiger partial charge in [-0.2, -0.15) is 0 Å². The van der Waals surface area contributed by atoms with Crippen LogP contribution in [0.15, 0.2) is 193 Å². The lowest BCUT2D eigenvalue weighted by Gasteiger charge is -2.24. The number of aromatic nitrogens is 3. The lowest BCUT2D eigenvalue weighted by Crippen LogP contribution is -2.44. The van der Waals surface area contributed by atoms with E-state index in [4.69, 9.17) is 19.5 Å². The molecule has 7 heteroatoms. The van der Waals surface area contributed by atoms with Crippen LogP contribution >= 0.6 is 0 Å². The van der Waals surface area contributed by atoms with Crippen molar-refractivity contribution < 1.29 is 9.47 Å². The molecule has 0 radical (unpaired) electrons. The summed E-state index contributed by atoms with van der Waals surface area (Å²) in [5.74, 6) is 3.65. The normalized spacial score (nSPS) is 14.2. The number of hydrogen-bond donors (Lipinski definition) is 1. The lowest BCUT2D eigenvalue weighted by atomic mass is 10.00. The summed E-state index contributed by atoms with van der Waals surface area (Å²) in [6.07, 6.45) is -0.508. The standard InChI is InChI=1S/C51H33N5O2/c1-4-15-33(16-5-1)47-48-50(55(37-19-8-3-9-20-37)49(52-48)34-17-6-2-7-18-34)54-51(53-47)56-40-27-25-35(30-39(40)46-38-21-11-10-14-32(38)24-28-41(46)56)36-26-29-44-45(31-36)58-43-23-13-12-22-42(43)57-44/h1-31,51,53H. The van der Waals surface area contributed by atoms with Crippen LogP contribution in [0, 0.1) is 0 Å². The molecule has 0 aliphatic carbocycles. The van der Waals surface area contributed by atoms with E-state index in [-0.39, 0.29) is 0 Å². The number of benzene rings is 8. The minimum absolute atomic E-state index is 0.508. The van der Waals surface area contributed by atoms with E-state index in [0.717, 1.165) is 66.7 Å². The number of imidazole rings is 1. The highest BCUT2D eigenvalue weighted by Gasteiger charge is 2.27. The zero-order chi connectivity index (χ0) is 38.2. The van der Waals surface area contributed by atoms with Gasteiger partial charge in [0.05, 0.1) is 16.7 Å². The molecule has 0 saturated heterocycles. The number of nitrogens with one attached hydrogen (secondary N) is 1. The molecule has 10 aromatic rings. The second kappa shape index (κ2) is 12.8. The molecular formula is C51H33N5O2. The first-order chi connectivity index (χ1) is 28.7. The summed E-state index contributed by atoms with van der Waals surface area (Å²) in [6, 6.07) is 64.9. The SMILES string of the molecule is c1ccc(C2=c3nc(-c4ccccc4)n(-c4ccccc4)c3=NC(n3c4ccc(-c5ccc6c(c5)Oc5ccccc5O6)cc4c4c5ccccc5ccc43)N2)cc1. The molecule has 0 saturated carbocycles. The molecular weight excluding hydrogens is 715 g/mol. The van der Waals surface area contributed by atoms with Crippen molar-refractivity contribution in [1.82, 2.24) is 19.4 Å². The van der Waals surface area contributed by atoms with Crippen LogP contribution in [0.1, 0.15) is 11.9 Å². The third-order valence-electron chi connectivity index (χ3n) is 11.2. The molecule has 2 aromatic heterocycles. The first kappa shape index (κ1) is 32.4. The van der Waals surface area contributed by atoms with Gasteiger partial charge in [-0.25, -0.2) is 9.98 Å². The summed E-state index contributed by atoms with van der Waals surface area (Å²) in [5.41, 5.74) is 9.01. The van der Waals surface area contributed by atoms with Crippen molar-refractivity contribution >= 4 is 38.3 Å². The Hall–Kier alpha value is -7.90. The van der Waals surface area contributed by atoms with Gasteiger partial charge >= 0.3 is 0 Å². The van der Waals surface area contributed by atoms with Crippen LogP contribution in [0.5, 0.6) is 23.0 Å². The highest BCUT2D eigenvalue weighted by Crippen LogP contribution is 2.47. The van der Waals surface area contributed by atoms with Crippen LogP contribution < -0.4 is 25.6 Å². The highest BCUT2D eigenvalue weighted by molar-refractivity contribution is 6.21. The second-order valence-corrected chi connectivity index (χ2v) is 14.6. The predicted octanol–water partition coefficient (Wildman–Crippen LogP) is 10.9. The lowest BCUT2D eigenvalue weighted by molar-refractivity contribution is 0.360. The number of rotatable bonds is 5. The van der Waals surface area contributed by atoms with Crippen LogP contribution in [0.2, 0.25) is 0 Å². The highest BCUT2D eigenvalue weighted by atomic mass is 16.6. The number of fused-ring (bicyclic) bond motifs is 8. The van der Waals surface area contributed by atoms with Crippen LogP contribution in [0.4, 0.5) is 0 Å². The molecule has 0 bridgehead atoms. The van der Waals surface area contributed by atoms with Crippen LogP contribution in [0.25, 0.3) is 66.5 Å². The minimum atomic E-state index is -0.508. The van der Waals surface area contributed by atoms with E-state index in [2.05, 4.69) is 154 Å². The average Bonchev–Trinajstić information content (AvgIpc) is 3.85. The van der Waals surface area contributed by atoms with Gasteiger partial charge in [0.1, 0.15) is 11.2 Å². The van der Waals surface area contributed by atoms with Crippen molar-refractivity contribution in [3.8, 4) is 51.2 Å². The summed E-state index contributed by atoms with van der Waals surface area (Å²) in [7, 11) is 0. The molecule has 0 amide bonds. The third-order valence-corrected chi connectivity index (χ3v) is 11.2. The number of para-hydroxylation sites is 3. The maximum atomic E-state index is 6.33. The van der Waals surface area contributed by atoms with E-state index in [1.165, 1.54) is 16.2 Å². The summed E-state index contributed by atoms with van der Waals surface area (Å²) in [6.45, 7) is 0. The largest absolute Gasteiger partial charge is 0.450 e. The Labute approximate surface area is 333 Å². The molecule has 8 aromatic carbocycles. The van der Waals surface area contributed by atoms with Crippen molar-refractivity contribution in [2.24, 2.45) is 4.99 Å². The first-order valence-electron chi connectivity index (χ1n) is 19.4. The van der Waals surface area contributed by atoms with E-state index in [1.807, 2.05) is 48.5 Å². The van der Waals surface area contributed by atoms with Gasteiger partial charge in [-0.3, -0.25) is 4.57 Å². The van der Waals surface area contributed by atoms with Crippen LogP contribution in [0.3, 0.4) is 0 Å². The van der Waals surface area contributed by atoms with Crippen molar-refractivity contribution in [2.75, 3.05) is 0 Å². The number of hydrogen-bond acceptors (Lipinski definition) is 5. The maximum Gasteiger partial charge on any atom is 0.203 e. The fourth-order valence-corrected chi connectivity index (χ4v) is 8.56. The van der Waals surface area contributed by atoms with E-state index in [1.54, 1.807) is 0 Å². The molecule has 2 aliphatic heterocycles. The second-order valence-electron chi connectivity index (χ2n) is 14.6. The Kier molecular flexibility index (Phi) is 7.16. The van der Waals surface area contributed by atoms with Crippen LogP contribution in [-0.2, 0) is 0 Å². The van der Waals surface area contributed by atoms with Gasteiger partial charge in [-0.05, 0) is 76.5 Å². The third kappa shape index (κ3) is 5.07. The zero-order valence-corrected chi connectivity index (χ0v) is 31.1. The molecule has 0 spiro atoms. The zero-order valence-electron chi connectivity index (χ0n) is 31.1. The summed E-state index contributed by atoms with van der Waals surface area (Å²) >= 11 is 0. The smallest absolute Gasteiger partial charge is 0.203 e. The molecule has 274 valence electrons. The van der Waals surface area contributed by atoms with Crippen molar-refractivity contribution in [3.05, 3.63) is 204 Å². The Balaban J connectivity index is 1.10. The fourth-order valence-electron chi connectivity index (χ4n) is 8.56. The Morgan fingerprint density at radius 1 is 0.483 bits per heavy atom.